The monoisotopic (exact) mass is 289 g/mol. The summed E-state index contributed by atoms with van der Waals surface area (Å²) in [5.74, 6) is 0.747. The van der Waals surface area contributed by atoms with Gasteiger partial charge in [0.1, 0.15) is 0 Å². The van der Waals surface area contributed by atoms with Gasteiger partial charge < -0.3 is 5.32 Å². The first kappa shape index (κ1) is 13.5. The summed E-state index contributed by atoms with van der Waals surface area (Å²) in [7, 11) is 0. The molecular weight excluding hydrogens is 270 g/mol. The van der Waals surface area contributed by atoms with Gasteiger partial charge in [-0.25, -0.2) is 0 Å². The van der Waals surface area contributed by atoms with Gasteiger partial charge in [0.2, 0.25) is 5.91 Å². The highest BCUT2D eigenvalue weighted by atomic mass is 32.1. The van der Waals surface area contributed by atoms with E-state index in [1.807, 2.05) is 0 Å². The highest BCUT2D eigenvalue weighted by Gasteiger charge is 2.15. The molecule has 1 amide bonds. The number of nitrogens with zero attached hydrogens (tertiary/aromatic N) is 2. The van der Waals surface area contributed by atoms with Crippen LogP contribution in [0.1, 0.15) is 24.8 Å². The van der Waals surface area contributed by atoms with Crippen molar-refractivity contribution in [2.45, 2.75) is 26.2 Å². The Bertz CT molecular complexity index is 617. The second kappa shape index (κ2) is 5.89. The number of piperidine rings is 1. The number of amides is 1. The summed E-state index contributed by atoms with van der Waals surface area (Å²) >= 11 is 1.43. The van der Waals surface area contributed by atoms with E-state index in [-0.39, 0.29) is 5.91 Å². The summed E-state index contributed by atoms with van der Waals surface area (Å²) < 4.78 is 5.48. The summed E-state index contributed by atoms with van der Waals surface area (Å²) in [4.78, 5) is 14.3. The fourth-order valence-corrected chi connectivity index (χ4v) is 3.35. The molecule has 1 fully saturated rings. The Balaban J connectivity index is 1.69. The van der Waals surface area contributed by atoms with E-state index in [0.717, 1.165) is 23.2 Å². The lowest BCUT2D eigenvalue weighted by Gasteiger charge is -2.25. The maximum Gasteiger partial charge on any atom is 0.239 e. The molecule has 1 aliphatic rings. The molecule has 0 radical (unpaired) electrons. The van der Waals surface area contributed by atoms with Crippen molar-refractivity contribution in [2.75, 3.05) is 25.0 Å². The molecule has 1 saturated heterocycles. The summed E-state index contributed by atoms with van der Waals surface area (Å²) in [6, 6.07) is 6.21. The zero-order chi connectivity index (χ0) is 13.9. The highest BCUT2D eigenvalue weighted by Crippen LogP contribution is 2.27. The number of nitrogens with one attached hydrogen (secondary N) is 1. The molecular formula is C15H19N3OS. The topological polar surface area (TPSA) is 45.2 Å². The average Bonchev–Trinajstić information content (AvgIpc) is 2.82. The first-order valence-corrected chi connectivity index (χ1v) is 7.88. The average molecular weight is 289 g/mol. The maximum absolute atomic E-state index is 12.1. The van der Waals surface area contributed by atoms with Gasteiger partial charge >= 0.3 is 0 Å². The van der Waals surface area contributed by atoms with E-state index in [9.17, 15) is 4.79 Å². The number of aryl methyl sites for hydroxylation is 1. The smallest absolute Gasteiger partial charge is 0.239 e. The first-order valence-electron chi connectivity index (χ1n) is 7.10. The van der Waals surface area contributed by atoms with Crippen LogP contribution >= 0.6 is 11.5 Å². The van der Waals surface area contributed by atoms with Gasteiger partial charge in [-0.2, -0.15) is 4.37 Å². The molecule has 1 aromatic heterocycles. The minimum Gasteiger partial charge on any atom is -0.308 e. The van der Waals surface area contributed by atoms with Gasteiger partial charge in [-0.15, -0.1) is 0 Å². The number of hydrogen-bond acceptors (Lipinski definition) is 4. The van der Waals surface area contributed by atoms with Crippen LogP contribution in [0.15, 0.2) is 18.2 Å². The van der Waals surface area contributed by atoms with Crippen molar-refractivity contribution in [2.24, 2.45) is 0 Å². The van der Waals surface area contributed by atoms with E-state index in [2.05, 4.69) is 39.7 Å². The van der Waals surface area contributed by atoms with Gasteiger partial charge in [0.05, 0.1) is 11.2 Å². The number of anilines is 1. The minimum atomic E-state index is 0.0422. The van der Waals surface area contributed by atoms with Crippen molar-refractivity contribution in [1.29, 1.82) is 0 Å². The molecule has 3 rings (SSSR count). The second-order valence-electron chi connectivity index (χ2n) is 5.42. The van der Waals surface area contributed by atoms with Crippen LogP contribution in [0.5, 0.6) is 0 Å². The number of benzene rings is 1. The number of aromatic nitrogens is 1. The van der Waals surface area contributed by atoms with Crippen molar-refractivity contribution >= 4 is 33.3 Å². The van der Waals surface area contributed by atoms with Gasteiger partial charge in [0.25, 0.3) is 0 Å². The van der Waals surface area contributed by atoms with Crippen LogP contribution in [-0.4, -0.2) is 34.8 Å². The molecule has 1 aromatic carbocycles. The second-order valence-corrected chi connectivity index (χ2v) is 6.22. The molecule has 1 aliphatic heterocycles. The maximum atomic E-state index is 12.1. The van der Waals surface area contributed by atoms with Crippen molar-refractivity contribution in [3.8, 4) is 0 Å². The van der Waals surface area contributed by atoms with Gasteiger partial charge in [-0.05, 0) is 56.5 Å². The van der Waals surface area contributed by atoms with Crippen LogP contribution in [0.25, 0.3) is 10.1 Å². The zero-order valence-electron chi connectivity index (χ0n) is 11.7. The number of carbonyl (C=O) groups excluding carboxylic acids is 1. The quantitative estimate of drug-likeness (QED) is 0.944. The number of likely N-dealkylation sites (tertiary alicyclic amines) is 1. The molecule has 1 N–H and O–H groups in total. The molecule has 20 heavy (non-hydrogen) atoms. The Morgan fingerprint density at radius 3 is 2.95 bits per heavy atom. The predicted molar refractivity (Wildman–Crippen MR) is 83.3 cm³/mol. The van der Waals surface area contributed by atoms with Crippen LogP contribution in [0.3, 0.4) is 0 Å². The van der Waals surface area contributed by atoms with Gasteiger partial charge in [-0.1, -0.05) is 18.1 Å². The third kappa shape index (κ3) is 2.99. The lowest BCUT2D eigenvalue weighted by molar-refractivity contribution is -0.117. The molecule has 106 valence electrons. The van der Waals surface area contributed by atoms with Crippen molar-refractivity contribution in [1.82, 2.24) is 9.27 Å². The summed E-state index contributed by atoms with van der Waals surface area (Å²) in [5, 5.41) is 4.00. The van der Waals surface area contributed by atoms with E-state index in [4.69, 9.17) is 0 Å². The van der Waals surface area contributed by atoms with E-state index in [1.54, 1.807) is 0 Å². The van der Waals surface area contributed by atoms with E-state index in [1.165, 1.54) is 36.4 Å². The van der Waals surface area contributed by atoms with Crippen LogP contribution in [0.4, 0.5) is 5.82 Å². The van der Waals surface area contributed by atoms with Crippen LogP contribution in [0, 0.1) is 6.92 Å². The Hall–Kier alpha value is -1.46. The SMILES string of the molecule is Cc1ccc2snc(NC(=O)CN3CCCCC3)c2c1. The Labute approximate surface area is 122 Å². The summed E-state index contributed by atoms with van der Waals surface area (Å²) in [6.45, 7) is 4.59. The molecule has 2 heterocycles. The molecule has 0 unspecified atom stereocenters. The molecule has 5 heteroatoms. The summed E-state index contributed by atoms with van der Waals surface area (Å²) in [5.41, 5.74) is 1.18. The number of hydrogen-bond donors (Lipinski definition) is 1. The standard InChI is InChI=1S/C15H19N3OS/c1-11-5-6-13-12(9-11)15(17-20-13)16-14(19)10-18-7-3-2-4-8-18/h5-6,9H,2-4,7-8,10H2,1H3,(H,16,17,19). The molecule has 0 bridgehead atoms. The van der Waals surface area contributed by atoms with Gasteiger partial charge in [0, 0.05) is 5.39 Å². The van der Waals surface area contributed by atoms with E-state index < -0.39 is 0 Å². The minimum absolute atomic E-state index is 0.0422. The lowest BCUT2D eigenvalue weighted by Crippen LogP contribution is -2.36. The van der Waals surface area contributed by atoms with Crippen LogP contribution in [0.2, 0.25) is 0 Å². The predicted octanol–water partition coefficient (Wildman–Crippen LogP) is 3.03. The largest absolute Gasteiger partial charge is 0.308 e. The zero-order valence-corrected chi connectivity index (χ0v) is 12.5. The number of rotatable bonds is 3. The molecule has 0 aliphatic carbocycles. The van der Waals surface area contributed by atoms with Crippen molar-refractivity contribution in [3.63, 3.8) is 0 Å². The Morgan fingerprint density at radius 1 is 1.35 bits per heavy atom. The van der Waals surface area contributed by atoms with Crippen molar-refractivity contribution < 1.29 is 4.79 Å². The molecule has 0 atom stereocenters. The van der Waals surface area contributed by atoms with E-state index in [0.29, 0.717) is 12.4 Å². The molecule has 0 spiro atoms. The lowest BCUT2D eigenvalue weighted by atomic mass is 10.1. The third-order valence-corrected chi connectivity index (χ3v) is 4.53. The fraction of sp³-hybridized carbons (Fsp3) is 0.467. The normalized spacial score (nSPS) is 16.4. The Morgan fingerprint density at radius 2 is 2.15 bits per heavy atom. The molecule has 0 saturated carbocycles. The van der Waals surface area contributed by atoms with Crippen LogP contribution < -0.4 is 5.32 Å². The van der Waals surface area contributed by atoms with E-state index >= 15 is 0 Å². The van der Waals surface area contributed by atoms with Crippen LogP contribution in [-0.2, 0) is 4.79 Å². The van der Waals surface area contributed by atoms with Gasteiger partial charge in [-0.3, -0.25) is 9.69 Å². The fourth-order valence-electron chi connectivity index (χ4n) is 2.63. The Kier molecular flexibility index (Phi) is 3.98. The first-order chi connectivity index (χ1) is 9.72. The summed E-state index contributed by atoms with van der Waals surface area (Å²) in [6.07, 6.45) is 3.69. The number of fused-ring (bicyclic) bond motifs is 1. The van der Waals surface area contributed by atoms with Crippen molar-refractivity contribution in [3.05, 3.63) is 23.8 Å². The third-order valence-electron chi connectivity index (χ3n) is 3.70. The molecule has 2 aromatic rings. The highest BCUT2D eigenvalue weighted by molar-refractivity contribution is 7.13. The molecule has 4 nitrogen and oxygen atoms in total. The van der Waals surface area contributed by atoms with Gasteiger partial charge in [0.15, 0.2) is 5.82 Å². The number of carbonyl (C=O) groups is 1.